The first-order chi connectivity index (χ1) is 14.6. The van der Waals surface area contributed by atoms with Gasteiger partial charge in [-0.05, 0) is 43.4 Å². The fourth-order valence-corrected chi connectivity index (χ4v) is 3.82. The Morgan fingerprint density at radius 2 is 1.67 bits per heavy atom. The molecule has 1 saturated heterocycles. The molecule has 0 radical (unpaired) electrons. The maximum Gasteiger partial charge on any atom is 0.253 e. The predicted octanol–water partition coefficient (Wildman–Crippen LogP) is 3.00. The maximum absolute atomic E-state index is 12.9. The summed E-state index contributed by atoms with van der Waals surface area (Å²) in [5.41, 5.74) is 1.98. The third kappa shape index (κ3) is 5.06. The Morgan fingerprint density at radius 3 is 2.43 bits per heavy atom. The van der Waals surface area contributed by atoms with Crippen molar-refractivity contribution in [1.29, 1.82) is 0 Å². The zero-order valence-electron chi connectivity index (χ0n) is 17.0. The Bertz CT molecular complexity index is 924. The average Bonchev–Trinajstić information content (AvgIpc) is 3.59. The summed E-state index contributed by atoms with van der Waals surface area (Å²) in [5, 5.41) is 5.89. The summed E-state index contributed by atoms with van der Waals surface area (Å²) in [4.78, 5) is 39.9. The van der Waals surface area contributed by atoms with Crippen molar-refractivity contribution in [2.75, 3.05) is 18.4 Å². The van der Waals surface area contributed by atoms with E-state index >= 15 is 0 Å². The molecule has 1 saturated carbocycles. The molecule has 0 unspecified atom stereocenters. The Kier molecular flexibility index (Phi) is 6.12. The second kappa shape index (κ2) is 9.11. The minimum Gasteiger partial charge on any atom is -0.349 e. The van der Waals surface area contributed by atoms with Crippen LogP contribution in [-0.4, -0.2) is 41.8 Å². The molecule has 2 aromatic rings. The Hall–Kier alpha value is -3.15. The van der Waals surface area contributed by atoms with Crippen LogP contribution in [0.4, 0.5) is 5.69 Å². The third-order valence-electron chi connectivity index (χ3n) is 5.69. The van der Waals surface area contributed by atoms with E-state index in [-0.39, 0.29) is 29.7 Å². The normalized spacial score (nSPS) is 18.5. The van der Waals surface area contributed by atoms with E-state index in [2.05, 4.69) is 10.6 Å². The number of hydrogen-bond donors (Lipinski definition) is 2. The summed E-state index contributed by atoms with van der Waals surface area (Å²) >= 11 is 0. The van der Waals surface area contributed by atoms with Crippen LogP contribution in [0.25, 0.3) is 0 Å². The molecule has 1 aliphatic heterocycles. The molecule has 0 aromatic heterocycles. The average molecular weight is 405 g/mol. The van der Waals surface area contributed by atoms with E-state index in [1.807, 2.05) is 30.3 Å². The molecule has 0 bridgehead atoms. The van der Waals surface area contributed by atoms with Crippen LogP contribution in [0.3, 0.4) is 0 Å². The standard InChI is InChI=1S/C24H27N3O3/c28-22(15-17-7-2-1-3-8-17)27-14-6-9-18(16-27)23(29)26-21-11-5-4-10-20(21)24(30)25-19-12-13-19/h1-5,7-8,10-11,18-19H,6,9,12-16H2,(H,25,30)(H,26,29)/t18-/m1/s1. The predicted molar refractivity (Wildman–Crippen MR) is 115 cm³/mol. The molecule has 1 atom stereocenters. The number of rotatable bonds is 6. The van der Waals surface area contributed by atoms with Crippen LogP contribution in [0.5, 0.6) is 0 Å². The maximum atomic E-state index is 12.9. The fourth-order valence-electron chi connectivity index (χ4n) is 3.82. The molecule has 30 heavy (non-hydrogen) atoms. The summed E-state index contributed by atoms with van der Waals surface area (Å²) in [5.74, 6) is -0.531. The Labute approximate surface area is 176 Å². The van der Waals surface area contributed by atoms with E-state index in [9.17, 15) is 14.4 Å². The van der Waals surface area contributed by atoms with E-state index in [0.717, 1.165) is 31.2 Å². The number of benzene rings is 2. The summed E-state index contributed by atoms with van der Waals surface area (Å²) in [6.45, 7) is 1.09. The van der Waals surface area contributed by atoms with Gasteiger partial charge in [-0.1, -0.05) is 42.5 Å². The summed E-state index contributed by atoms with van der Waals surface area (Å²) in [7, 11) is 0. The summed E-state index contributed by atoms with van der Waals surface area (Å²) in [6.07, 6.45) is 3.89. The van der Waals surface area contributed by atoms with E-state index < -0.39 is 0 Å². The molecule has 4 rings (SSSR count). The number of hydrogen-bond acceptors (Lipinski definition) is 3. The highest BCUT2D eigenvalue weighted by molar-refractivity contribution is 6.04. The lowest BCUT2D eigenvalue weighted by Crippen LogP contribution is -2.44. The molecule has 0 spiro atoms. The van der Waals surface area contributed by atoms with E-state index in [4.69, 9.17) is 0 Å². The Balaban J connectivity index is 1.38. The van der Waals surface area contributed by atoms with Crippen LogP contribution in [0.1, 0.15) is 41.6 Å². The lowest BCUT2D eigenvalue weighted by molar-refractivity contribution is -0.133. The molecule has 2 aromatic carbocycles. The fraction of sp³-hybridized carbons (Fsp3) is 0.375. The van der Waals surface area contributed by atoms with Crippen molar-refractivity contribution in [1.82, 2.24) is 10.2 Å². The van der Waals surface area contributed by atoms with Gasteiger partial charge in [0, 0.05) is 19.1 Å². The molecule has 1 heterocycles. The monoisotopic (exact) mass is 405 g/mol. The first-order valence-electron chi connectivity index (χ1n) is 10.6. The van der Waals surface area contributed by atoms with Crippen molar-refractivity contribution < 1.29 is 14.4 Å². The van der Waals surface area contributed by atoms with Gasteiger partial charge in [-0.2, -0.15) is 0 Å². The van der Waals surface area contributed by atoms with E-state index in [1.54, 1.807) is 29.2 Å². The highest BCUT2D eigenvalue weighted by Crippen LogP contribution is 2.23. The van der Waals surface area contributed by atoms with Crippen molar-refractivity contribution in [3.63, 3.8) is 0 Å². The minimum atomic E-state index is -0.280. The lowest BCUT2D eigenvalue weighted by Gasteiger charge is -2.32. The molecular formula is C24H27N3O3. The molecule has 1 aliphatic carbocycles. The number of nitrogens with one attached hydrogen (secondary N) is 2. The van der Waals surface area contributed by atoms with Gasteiger partial charge < -0.3 is 15.5 Å². The molecular weight excluding hydrogens is 378 g/mol. The van der Waals surface area contributed by atoms with Gasteiger partial charge in [0.25, 0.3) is 5.91 Å². The molecule has 6 nitrogen and oxygen atoms in total. The number of carbonyl (C=O) groups excluding carboxylic acids is 3. The van der Waals surface area contributed by atoms with Gasteiger partial charge in [0.1, 0.15) is 0 Å². The van der Waals surface area contributed by atoms with Gasteiger partial charge in [0.15, 0.2) is 0 Å². The number of carbonyl (C=O) groups is 3. The first-order valence-corrected chi connectivity index (χ1v) is 10.6. The van der Waals surface area contributed by atoms with Crippen LogP contribution in [-0.2, 0) is 16.0 Å². The molecule has 2 N–H and O–H groups in total. The van der Waals surface area contributed by atoms with Gasteiger partial charge in [0.2, 0.25) is 11.8 Å². The molecule has 2 aliphatic rings. The van der Waals surface area contributed by atoms with Crippen LogP contribution in [0.15, 0.2) is 54.6 Å². The van der Waals surface area contributed by atoms with Crippen LogP contribution >= 0.6 is 0 Å². The quantitative estimate of drug-likeness (QED) is 0.776. The Morgan fingerprint density at radius 1 is 0.933 bits per heavy atom. The lowest BCUT2D eigenvalue weighted by atomic mass is 9.96. The highest BCUT2D eigenvalue weighted by Gasteiger charge is 2.29. The van der Waals surface area contributed by atoms with E-state index in [0.29, 0.717) is 30.8 Å². The van der Waals surface area contributed by atoms with Gasteiger partial charge in [0.05, 0.1) is 23.6 Å². The number of amides is 3. The van der Waals surface area contributed by atoms with Gasteiger partial charge >= 0.3 is 0 Å². The molecule has 6 heteroatoms. The van der Waals surface area contributed by atoms with Crippen molar-refractivity contribution in [3.05, 3.63) is 65.7 Å². The minimum absolute atomic E-state index is 0.0444. The zero-order chi connectivity index (χ0) is 20.9. The van der Waals surface area contributed by atoms with Crippen molar-refractivity contribution in [2.45, 2.75) is 38.1 Å². The van der Waals surface area contributed by atoms with Crippen LogP contribution in [0, 0.1) is 5.92 Å². The number of piperidine rings is 1. The van der Waals surface area contributed by atoms with Gasteiger partial charge in [-0.25, -0.2) is 0 Å². The van der Waals surface area contributed by atoms with Gasteiger partial charge in [-0.15, -0.1) is 0 Å². The largest absolute Gasteiger partial charge is 0.349 e. The smallest absolute Gasteiger partial charge is 0.253 e. The topological polar surface area (TPSA) is 78.5 Å². The van der Waals surface area contributed by atoms with Crippen molar-refractivity contribution in [2.24, 2.45) is 5.92 Å². The first kappa shape index (κ1) is 20.1. The van der Waals surface area contributed by atoms with Gasteiger partial charge in [-0.3, -0.25) is 14.4 Å². The second-order valence-electron chi connectivity index (χ2n) is 8.12. The number of para-hydroxylation sites is 1. The van der Waals surface area contributed by atoms with Crippen LogP contribution in [0.2, 0.25) is 0 Å². The number of nitrogens with zero attached hydrogens (tertiary/aromatic N) is 1. The number of likely N-dealkylation sites (tertiary alicyclic amines) is 1. The van der Waals surface area contributed by atoms with E-state index in [1.165, 1.54) is 0 Å². The SMILES string of the molecule is O=C(NC1CC1)c1ccccc1NC(=O)[C@@H]1CCCN(C(=O)Cc2ccccc2)C1. The zero-order valence-corrected chi connectivity index (χ0v) is 17.0. The third-order valence-corrected chi connectivity index (χ3v) is 5.69. The molecule has 156 valence electrons. The van der Waals surface area contributed by atoms with Crippen LogP contribution < -0.4 is 10.6 Å². The summed E-state index contributed by atoms with van der Waals surface area (Å²) < 4.78 is 0. The second-order valence-corrected chi connectivity index (χ2v) is 8.12. The van der Waals surface area contributed by atoms with Crippen molar-refractivity contribution in [3.8, 4) is 0 Å². The molecule has 3 amide bonds. The number of anilines is 1. The molecule has 2 fully saturated rings. The summed E-state index contributed by atoms with van der Waals surface area (Å²) in [6, 6.07) is 17.0. The highest BCUT2D eigenvalue weighted by atomic mass is 16.2. The van der Waals surface area contributed by atoms with Crippen molar-refractivity contribution >= 4 is 23.4 Å².